The fraction of sp³-hybridized carbons (Fsp3) is 0.500. The van der Waals surface area contributed by atoms with Crippen LogP contribution in [0.3, 0.4) is 0 Å². The van der Waals surface area contributed by atoms with Gasteiger partial charge in [-0.25, -0.2) is 14.8 Å². The number of hydrogen-bond donors (Lipinski definition) is 0. The summed E-state index contributed by atoms with van der Waals surface area (Å²) < 4.78 is 16.4. The minimum Gasteiger partial charge on any atom is -0.491 e. The van der Waals surface area contributed by atoms with Crippen molar-refractivity contribution in [3.63, 3.8) is 0 Å². The number of methoxy groups -OCH3 is 1. The molecule has 1 aliphatic carbocycles. The molecule has 8 nitrogen and oxygen atoms in total. The van der Waals surface area contributed by atoms with Crippen LogP contribution in [0.4, 0.5) is 5.82 Å². The highest BCUT2D eigenvalue weighted by molar-refractivity contribution is 5.92. The molecular weight excluding hydrogens is 410 g/mol. The van der Waals surface area contributed by atoms with E-state index < -0.39 is 5.97 Å². The third-order valence-corrected chi connectivity index (χ3v) is 4.81. The Kier molecular flexibility index (Phi) is 7.66. The van der Waals surface area contributed by atoms with Crippen LogP contribution in [0.15, 0.2) is 30.6 Å². The second kappa shape index (κ2) is 10.4. The van der Waals surface area contributed by atoms with Crippen LogP contribution < -0.4 is 14.4 Å². The molecule has 1 fully saturated rings. The van der Waals surface area contributed by atoms with Gasteiger partial charge in [0.15, 0.2) is 5.82 Å². The van der Waals surface area contributed by atoms with Crippen molar-refractivity contribution in [1.29, 1.82) is 0 Å². The Morgan fingerprint density at radius 2 is 1.78 bits per heavy atom. The molecule has 0 atom stereocenters. The van der Waals surface area contributed by atoms with Crippen molar-refractivity contribution in [2.24, 2.45) is 11.8 Å². The standard InChI is InChI=1S/C24H31N3O5/c1-15(2)8-23(28)27(14-17-6-7-17)21-12-26-22(13-25-21)32-20-10-18(24(29)30-5)9-19(11-20)31-16(3)4/h9-13,15-17H,6-8,14H2,1-5H3. The predicted octanol–water partition coefficient (Wildman–Crippen LogP) is 4.63. The Morgan fingerprint density at radius 1 is 1.06 bits per heavy atom. The summed E-state index contributed by atoms with van der Waals surface area (Å²) in [5, 5.41) is 0. The maximum Gasteiger partial charge on any atom is 0.338 e. The van der Waals surface area contributed by atoms with E-state index in [-0.39, 0.29) is 23.8 Å². The minimum absolute atomic E-state index is 0.0520. The molecule has 1 aromatic carbocycles. The number of anilines is 1. The van der Waals surface area contributed by atoms with E-state index in [9.17, 15) is 9.59 Å². The summed E-state index contributed by atoms with van der Waals surface area (Å²) in [5.74, 6) is 1.97. The number of amides is 1. The molecule has 1 amide bonds. The van der Waals surface area contributed by atoms with Crippen molar-refractivity contribution in [2.75, 3.05) is 18.6 Å². The van der Waals surface area contributed by atoms with Crippen molar-refractivity contribution in [1.82, 2.24) is 9.97 Å². The van der Waals surface area contributed by atoms with E-state index in [1.54, 1.807) is 29.3 Å². The van der Waals surface area contributed by atoms with Crippen molar-refractivity contribution in [3.05, 3.63) is 36.2 Å². The van der Waals surface area contributed by atoms with E-state index >= 15 is 0 Å². The summed E-state index contributed by atoms with van der Waals surface area (Å²) in [6.45, 7) is 8.50. The highest BCUT2D eigenvalue weighted by Crippen LogP contribution is 2.32. The Hall–Kier alpha value is -3.16. The lowest BCUT2D eigenvalue weighted by Crippen LogP contribution is -2.34. The van der Waals surface area contributed by atoms with Crippen molar-refractivity contribution >= 4 is 17.7 Å². The van der Waals surface area contributed by atoms with Crippen LogP contribution in [0.2, 0.25) is 0 Å². The first-order chi connectivity index (χ1) is 15.2. The fourth-order valence-electron chi connectivity index (χ4n) is 3.17. The number of aromatic nitrogens is 2. The van der Waals surface area contributed by atoms with Crippen molar-refractivity contribution < 1.29 is 23.8 Å². The topological polar surface area (TPSA) is 90.9 Å². The van der Waals surface area contributed by atoms with Crippen LogP contribution in [0.25, 0.3) is 0 Å². The highest BCUT2D eigenvalue weighted by Gasteiger charge is 2.28. The monoisotopic (exact) mass is 441 g/mol. The van der Waals surface area contributed by atoms with Gasteiger partial charge in [0, 0.05) is 19.0 Å². The molecule has 0 spiro atoms. The first-order valence-electron chi connectivity index (χ1n) is 11.0. The number of carbonyl (C=O) groups is 2. The van der Waals surface area contributed by atoms with Crippen LogP contribution in [0, 0.1) is 11.8 Å². The van der Waals surface area contributed by atoms with E-state index in [2.05, 4.69) is 9.97 Å². The van der Waals surface area contributed by atoms with Gasteiger partial charge in [-0.15, -0.1) is 0 Å². The Morgan fingerprint density at radius 3 is 2.34 bits per heavy atom. The maximum absolute atomic E-state index is 12.7. The number of carbonyl (C=O) groups excluding carboxylic acids is 2. The molecule has 0 saturated heterocycles. The second-order valence-electron chi connectivity index (χ2n) is 8.71. The van der Waals surface area contributed by atoms with Crippen molar-refractivity contribution in [3.8, 4) is 17.4 Å². The van der Waals surface area contributed by atoms with Gasteiger partial charge < -0.3 is 14.2 Å². The average Bonchev–Trinajstić information content (AvgIpc) is 3.55. The molecule has 0 unspecified atom stereocenters. The predicted molar refractivity (Wildman–Crippen MR) is 120 cm³/mol. The fourth-order valence-corrected chi connectivity index (χ4v) is 3.17. The second-order valence-corrected chi connectivity index (χ2v) is 8.71. The van der Waals surface area contributed by atoms with Gasteiger partial charge in [-0.2, -0.15) is 0 Å². The van der Waals surface area contributed by atoms with E-state index in [4.69, 9.17) is 14.2 Å². The average molecular weight is 442 g/mol. The normalized spacial score (nSPS) is 13.2. The molecule has 1 saturated carbocycles. The van der Waals surface area contributed by atoms with E-state index in [0.29, 0.717) is 41.8 Å². The molecular formula is C24H31N3O5. The molecule has 1 heterocycles. The van der Waals surface area contributed by atoms with E-state index in [1.807, 2.05) is 27.7 Å². The Bertz CT molecular complexity index is 939. The molecule has 0 radical (unpaired) electrons. The highest BCUT2D eigenvalue weighted by atomic mass is 16.5. The number of nitrogens with zero attached hydrogens (tertiary/aromatic N) is 3. The van der Waals surface area contributed by atoms with Gasteiger partial charge in [-0.1, -0.05) is 13.8 Å². The molecule has 8 heteroatoms. The van der Waals surface area contributed by atoms with Gasteiger partial charge in [-0.05, 0) is 50.7 Å². The lowest BCUT2D eigenvalue weighted by Gasteiger charge is -2.22. The third kappa shape index (κ3) is 6.67. The van der Waals surface area contributed by atoms with E-state index in [1.165, 1.54) is 13.3 Å². The summed E-state index contributed by atoms with van der Waals surface area (Å²) in [6, 6.07) is 4.83. The number of hydrogen-bond acceptors (Lipinski definition) is 7. The number of ether oxygens (including phenoxy) is 3. The molecule has 2 aromatic rings. The Labute approximate surface area is 188 Å². The Balaban J connectivity index is 1.79. The van der Waals surface area contributed by atoms with Gasteiger partial charge in [0.25, 0.3) is 0 Å². The summed E-state index contributed by atoms with van der Waals surface area (Å²) in [5.41, 5.74) is 0.306. The lowest BCUT2D eigenvalue weighted by molar-refractivity contribution is -0.119. The van der Waals surface area contributed by atoms with Crippen molar-refractivity contribution in [2.45, 2.75) is 53.1 Å². The van der Waals surface area contributed by atoms with E-state index in [0.717, 1.165) is 12.8 Å². The quantitative estimate of drug-likeness (QED) is 0.496. The SMILES string of the molecule is COC(=O)c1cc(Oc2cnc(N(CC3CC3)C(=O)CC(C)C)cn2)cc(OC(C)C)c1. The first kappa shape index (κ1) is 23.5. The van der Waals surface area contributed by atoms with Gasteiger partial charge in [0.05, 0.1) is 31.2 Å². The summed E-state index contributed by atoms with van der Waals surface area (Å²) >= 11 is 0. The van der Waals surface area contributed by atoms with Gasteiger partial charge in [-0.3, -0.25) is 9.69 Å². The van der Waals surface area contributed by atoms with Crippen LogP contribution in [-0.4, -0.2) is 41.6 Å². The zero-order valence-electron chi connectivity index (χ0n) is 19.3. The van der Waals surface area contributed by atoms with Crippen LogP contribution >= 0.6 is 0 Å². The zero-order valence-corrected chi connectivity index (χ0v) is 19.3. The minimum atomic E-state index is -0.495. The summed E-state index contributed by atoms with van der Waals surface area (Å²) in [4.78, 5) is 35.2. The summed E-state index contributed by atoms with van der Waals surface area (Å²) in [6.07, 6.45) is 5.69. The van der Waals surface area contributed by atoms with Crippen LogP contribution in [0.1, 0.15) is 57.3 Å². The third-order valence-electron chi connectivity index (χ3n) is 4.81. The molecule has 0 aliphatic heterocycles. The molecule has 0 N–H and O–H groups in total. The van der Waals surface area contributed by atoms with Gasteiger partial charge in [0.1, 0.15) is 11.5 Å². The number of benzene rings is 1. The molecule has 172 valence electrons. The van der Waals surface area contributed by atoms with Crippen LogP contribution in [-0.2, 0) is 9.53 Å². The van der Waals surface area contributed by atoms with Gasteiger partial charge >= 0.3 is 5.97 Å². The maximum atomic E-state index is 12.7. The zero-order chi connectivity index (χ0) is 23.3. The number of esters is 1. The lowest BCUT2D eigenvalue weighted by atomic mass is 10.1. The first-order valence-corrected chi connectivity index (χ1v) is 11.0. The van der Waals surface area contributed by atoms with Crippen LogP contribution in [0.5, 0.6) is 17.4 Å². The smallest absolute Gasteiger partial charge is 0.338 e. The van der Waals surface area contributed by atoms with Gasteiger partial charge in [0.2, 0.25) is 11.8 Å². The molecule has 0 bridgehead atoms. The molecule has 32 heavy (non-hydrogen) atoms. The summed E-state index contributed by atoms with van der Waals surface area (Å²) in [7, 11) is 1.32. The molecule has 1 aliphatic rings. The molecule has 3 rings (SSSR count). The number of rotatable bonds is 10. The molecule has 1 aromatic heterocycles. The largest absolute Gasteiger partial charge is 0.491 e.